The summed E-state index contributed by atoms with van der Waals surface area (Å²) in [6, 6.07) is 0. The van der Waals surface area contributed by atoms with Crippen LogP contribution in [-0.2, 0) is 9.53 Å². The van der Waals surface area contributed by atoms with Gasteiger partial charge in [0.05, 0.1) is 18.6 Å². The Morgan fingerprint density at radius 1 is 1.41 bits per heavy atom. The lowest BCUT2D eigenvalue weighted by Crippen LogP contribution is -2.42. The van der Waals surface area contributed by atoms with E-state index in [0.29, 0.717) is 12.3 Å². The van der Waals surface area contributed by atoms with E-state index in [-0.39, 0.29) is 11.9 Å². The maximum Gasteiger partial charge on any atom is 0.311 e. The Hall–Kier alpha value is -0.570. The Kier molecular flexibility index (Phi) is 5.44. The number of aliphatic hydroxyl groups is 1. The molecule has 0 saturated heterocycles. The third-order valence-electron chi connectivity index (χ3n) is 4.33. The quantitative estimate of drug-likeness (QED) is 0.609. The second-order valence-electron chi connectivity index (χ2n) is 5.29. The Labute approximate surface area is 105 Å². The van der Waals surface area contributed by atoms with Crippen molar-refractivity contribution in [2.75, 3.05) is 7.11 Å². The standard InChI is InChI=1S/C14H26O3/c1-4-11-7-6-9-14(16,10-8-11)12(5-2)13(15)17-3/h11-12,16H,4-10H2,1-3H3. The molecule has 0 radical (unpaired) electrons. The number of rotatable bonds is 4. The molecule has 0 heterocycles. The van der Waals surface area contributed by atoms with Crippen molar-refractivity contribution in [1.82, 2.24) is 0 Å². The zero-order valence-electron chi connectivity index (χ0n) is 11.4. The van der Waals surface area contributed by atoms with Gasteiger partial charge in [-0.05, 0) is 31.6 Å². The van der Waals surface area contributed by atoms with Crippen molar-refractivity contribution in [1.29, 1.82) is 0 Å². The maximum atomic E-state index is 11.7. The smallest absolute Gasteiger partial charge is 0.311 e. The largest absolute Gasteiger partial charge is 0.469 e. The first-order chi connectivity index (χ1) is 8.07. The number of methoxy groups -OCH3 is 1. The van der Waals surface area contributed by atoms with E-state index in [9.17, 15) is 9.90 Å². The molecule has 1 aliphatic rings. The van der Waals surface area contributed by atoms with Crippen LogP contribution in [0.4, 0.5) is 0 Å². The summed E-state index contributed by atoms with van der Waals surface area (Å²) in [4.78, 5) is 11.7. The third-order valence-corrected chi connectivity index (χ3v) is 4.33. The van der Waals surface area contributed by atoms with Crippen molar-refractivity contribution in [3.63, 3.8) is 0 Å². The van der Waals surface area contributed by atoms with Crippen LogP contribution in [0.3, 0.4) is 0 Å². The van der Waals surface area contributed by atoms with Gasteiger partial charge in [-0.15, -0.1) is 0 Å². The van der Waals surface area contributed by atoms with Crippen molar-refractivity contribution in [3.05, 3.63) is 0 Å². The van der Waals surface area contributed by atoms with Gasteiger partial charge in [-0.1, -0.05) is 33.1 Å². The third kappa shape index (κ3) is 3.44. The first-order valence-corrected chi connectivity index (χ1v) is 6.87. The zero-order valence-corrected chi connectivity index (χ0v) is 11.4. The normalized spacial score (nSPS) is 31.6. The van der Waals surface area contributed by atoms with Crippen molar-refractivity contribution in [2.45, 2.75) is 64.4 Å². The summed E-state index contributed by atoms with van der Waals surface area (Å²) in [7, 11) is 1.40. The molecule has 0 aromatic heterocycles. The second-order valence-corrected chi connectivity index (χ2v) is 5.29. The highest BCUT2D eigenvalue weighted by molar-refractivity contribution is 5.73. The summed E-state index contributed by atoms with van der Waals surface area (Å²) in [5.41, 5.74) is -0.842. The molecule has 17 heavy (non-hydrogen) atoms. The van der Waals surface area contributed by atoms with E-state index in [1.165, 1.54) is 20.0 Å². The van der Waals surface area contributed by atoms with E-state index in [4.69, 9.17) is 4.74 Å². The van der Waals surface area contributed by atoms with Crippen LogP contribution in [-0.4, -0.2) is 23.8 Å². The van der Waals surface area contributed by atoms with E-state index in [1.54, 1.807) is 0 Å². The fraction of sp³-hybridized carbons (Fsp3) is 0.929. The molecule has 3 nitrogen and oxygen atoms in total. The lowest BCUT2D eigenvalue weighted by molar-refractivity contribution is -0.157. The molecule has 0 aromatic carbocycles. The van der Waals surface area contributed by atoms with E-state index in [2.05, 4.69) is 6.92 Å². The van der Waals surface area contributed by atoms with Gasteiger partial charge in [-0.25, -0.2) is 0 Å². The van der Waals surface area contributed by atoms with Crippen LogP contribution in [0.25, 0.3) is 0 Å². The van der Waals surface area contributed by atoms with Crippen molar-refractivity contribution < 1.29 is 14.6 Å². The number of ether oxygens (including phenoxy) is 1. The molecule has 1 rings (SSSR count). The Bertz CT molecular complexity index is 252. The summed E-state index contributed by atoms with van der Waals surface area (Å²) >= 11 is 0. The summed E-state index contributed by atoms with van der Waals surface area (Å²) < 4.78 is 4.82. The molecular formula is C14H26O3. The minimum absolute atomic E-state index is 0.259. The van der Waals surface area contributed by atoms with Crippen LogP contribution < -0.4 is 0 Å². The van der Waals surface area contributed by atoms with E-state index in [0.717, 1.165) is 25.7 Å². The van der Waals surface area contributed by atoms with Crippen molar-refractivity contribution in [2.24, 2.45) is 11.8 Å². The molecule has 0 aromatic rings. The molecule has 1 N–H and O–H groups in total. The number of carbonyl (C=O) groups is 1. The van der Waals surface area contributed by atoms with Crippen molar-refractivity contribution >= 4 is 5.97 Å². The molecule has 1 aliphatic carbocycles. The molecule has 3 heteroatoms. The van der Waals surface area contributed by atoms with Crippen LogP contribution in [0.5, 0.6) is 0 Å². The molecule has 0 bridgehead atoms. The minimum atomic E-state index is -0.842. The fourth-order valence-electron chi connectivity index (χ4n) is 3.09. The number of hydrogen-bond acceptors (Lipinski definition) is 3. The van der Waals surface area contributed by atoms with Crippen LogP contribution >= 0.6 is 0 Å². The topological polar surface area (TPSA) is 46.5 Å². The Balaban J connectivity index is 2.74. The molecule has 1 fully saturated rings. The van der Waals surface area contributed by atoms with Gasteiger partial charge in [-0.3, -0.25) is 4.79 Å². The fourth-order valence-corrected chi connectivity index (χ4v) is 3.09. The first kappa shape index (κ1) is 14.5. The van der Waals surface area contributed by atoms with Crippen LogP contribution in [0, 0.1) is 11.8 Å². The number of esters is 1. The van der Waals surface area contributed by atoms with Crippen LogP contribution in [0.15, 0.2) is 0 Å². The van der Waals surface area contributed by atoms with Gasteiger partial charge >= 0.3 is 5.97 Å². The lowest BCUT2D eigenvalue weighted by atomic mass is 9.79. The maximum absolute atomic E-state index is 11.7. The van der Waals surface area contributed by atoms with E-state index < -0.39 is 5.60 Å². The van der Waals surface area contributed by atoms with Gasteiger partial charge in [0, 0.05) is 0 Å². The van der Waals surface area contributed by atoms with E-state index in [1.807, 2.05) is 6.92 Å². The zero-order chi connectivity index (χ0) is 12.9. The molecule has 0 amide bonds. The predicted octanol–water partition coefficient (Wildman–Crippen LogP) is 2.91. The van der Waals surface area contributed by atoms with Gasteiger partial charge in [0.15, 0.2) is 0 Å². The molecule has 0 spiro atoms. The molecule has 1 saturated carbocycles. The SMILES string of the molecule is CCC1CCCC(O)(C(CC)C(=O)OC)CC1. The lowest BCUT2D eigenvalue weighted by Gasteiger charge is -2.33. The Morgan fingerprint density at radius 2 is 2.12 bits per heavy atom. The number of carbonyl (C=O) groups excluding carboxylic acids is 1. The van der Waals surface area contributed by atoms with Gasteiger partial charge in [0.25, 0.3) is 0 Å². The molecule has 3 atom stereocenters. The van der Waals surface area contributed by atoms with Gasteiger partial charge in [-0.2, -0.15) is 0 Å². The average molecular weight is 242 g/mol. The Morgan fingerprint density at radius 3 is 2.65 bits per heavy atom. The van der Waals surface area contributed by atoms with E-state index >= 15 is 0 Å². The van der Waals surface area contributed by atoms with Gasteiger partial charge in [0.1, 0.15) is 0 Å². The highest BCUT2D eigenvalue weighted by Crippen LogP contribution is 2.38. The average Bonchev–Trinajstić information content (AvgIpc) is 2.52. The molecule has 100 valence electrons. The minimum Gasteiger partial charge on any atom is -0.469 e. The number of hydrogen-bond donors (Lipinski definition) is 1. The van der Waals surface area contributed by atoms with Gasteiger partial charge < -0.3 is 9.84 Å². The molecular weight excluding hydrogens is 216 g/mol. The first-order valence-electron chi connectivity index (χ1n) is 6.87. The van der Waals surface area contributed by atoms with Crippen LogP contribution in [0.1, 0.15) is 58.8 Å². The summed E-state index contributed by atoms with van der Waals surface area (Å²) in [6.45, 7) is 4.15. The summed E-state index contributed by atoms with van der Waals surface area (Å²) in [6.07, 6.45) is 6.51. The van der Waals surface area contributed by atoms with Crippen LogP contribution in [0.2, 0.25) is 0 Å². The molecule has 0 aliphatic heterocycles. The monoisotopic (exact) mass is 242 g/mol. The highest BCUT2D eigenvalue weighted by Gasteiger charge is 2.41. The summed E-state index contributed by atoms with van der Waals surface area (Å²) in [5, 5.41) is 10.7. The second kappa shape index (κ2) is 6.39. The highest BCUT2D eigenvalue weighted by atomic mass is 16.5. The van der Waals surface area contributed by atoms with Crippen molar-refractivity contribution in [3.8, 4) is 0 Å². The summed E-state index contributed by atoms with van der Waals surface area (Å²) in [5.74, 6) is 0.0900. The van der Waals surface area contributed by atoms with Gasteiger partial charge in [0.2, 0.25) is 0 Å². The predicted molar refractivity (Wildman–Crippen MR) is 67.6 cm³/mol. The molecule has 3 unspecified atom stereocenters.